The number of nitrogens with zero attached hydrogens (tertiary/aromatic N) is 2. The summed E-state index contributed by atoms with van der Waals surface area (Å²) in [6.45, 7) is 6.18. The summed E-state index contributed by atoms with van der Waals surface area (Å²) in [6, 6.07) is 12.0. The van der Waals surface area contributed by atoms with E-state index in [0.717, 1.165) is 6.42 Å². The summed E-state index contributed by atoms with van der Waals surface area (Å²) in [5.74, 6) is 0.673. The van der Waals surface area contributed by atoms with Crippen molar-refractivity contribution in [3.63, 3.8) is 0 Å². The molecule has 1 aliphatic rings. The molecule has 29 heavy (non-hydrogen) atoms. The maximum atomic E-state index is 12.9. The van der Waals surface area contributed by atoms with Crippen LogP contribution < -0.4 is 15.0 Å². The van der Waals surface area contributed by atoms with Gasteiger partial charge in [0.25, 0.3) is 10.0 Å². The summed E-state index contributed by atoms with van der Waals surface area (Å²) < 4.78 is 35.2. The fourth-order valence-electron chi connectivity index (χ4n) is 3.03. The number of benzene rings is 2. The van der Waals surface area contributed by atoms with Gasteiger partial charge in [-0.1, -0.05) is 20.8 Å². The van der Waals surface area contributed by atoms with E-state index in [1.165, 1.54) is 6.07 Å². The number of sulfonamides is 1. The lowest BCUT2D eigenvalue weighted by atomic mass is 10.1. The number of amidine groups is 1. The Morgan fingerprint density at radius 1 is 1.17 bits per heavy atom. The van der Waals surface area contributed by atoms with Gasteiger partial charge in [0, 0.05) is 23.7 Å². The molecule has 0 saturated carbocycles. The van der Waals surface area contributed by atoms with Crippen LogP contribution in [0.25, 0.3) is 0 Å². The highest BCUT2D eigenvalue weighted by Crippen LogP contribution is 2.35. The fraction of sp³-hybridized carbons (Fsp3) is 0.333. The highest BCUT2D eigenvalue weighted by atomic mass is 32.2. The highest BCUT2D eigenvalue weighted by molar-refractivity contribution is 7.90. The van der Waals surface area contributed by atoms with Gasteiger partial charge < -0.3 is 15.0 Å². The van der Waals surface area contributed by atoms with Crippen LogP contribution in [0.15, 0.2) is 51.8 Å². The van der Waals surface area contributed by atoms with Crippen LogP contribution in [0.1, 0.15) is 32.8 Å². The zero-order valence-electron chi connectivity index (χ0n) is 17.0. The minimum Gasteiger partial charge on any atom is -0.497 e. The molecule has 0 fully saturated rings. The van der Waals surface area contributed by atoms with E-state index in [1.54, 1.807) is 57.4 Å². The number of fused-ring (bicyclic) bond motifs is 1. The Morgan fingerprint density at radius 2 is 1.86 bits per heavy atom. The number of hydrogen-bond acceptors (Lipinski definition) is 5. The molecule has 1 aliphatic heterocycles. The van der Waals surface area contributed by atoms with Crippen molar-refractivity contribution in [2.75, 3.05) is 23.9 Å². The Balaban J connectivity index is 2.07. The van der Waals surface area contributed by atoms with Gasteiger partial charge >= 0.3 is 0 Å². The SMILES string of the molecule is CCCN1C(c2ccc(OC)cc2)=NS(=O)(=O)c2cc(NC(=O)C(C)C)ccc21. The minimum absolute atomic E-state index is 0.0877. The van der Waals surface area contributed by atoms with Crippen LogP contribution in [0.3, 0.4) is 0 Å². The van der Waals surface area contributed by atoms with Crippen LogP contribution in [0.5, 0.6) is 5.75 Å². The molecule has 2 aromatic rings. The summed E-state index contributed by atoms with van der Waals surface area (Å²) in [5, 5.41) is 2.75. The van der Waals surface area contributed by atoms with Crippen LogP contribution in [0, 0.1) is 5.92 Å². The van der Waals surface area contributed by atoms with Crippen molar-refractivity contribution >= 4 is 33.1 Å². The van der Waals surface area contributed by atoms with Crippen molar-refractivity contribution in [2.24, 2.45) is 10.3 Å². The van der Waals surface area contributed by atoms with Crippen molar-refractivity contribution in [3.05, 3.63) is 48.0 Å². The van der Waals surface area contributed by atoms with Crippen LogP contribution >= 0.6 is 0 Å². The number of carbonyl (C=O) groups excluding carboxylic acids is 1. The maximum Gasteiger partial charge on any atom is 0.286 e. The molecule has 3 rings (SSSR count). The number of carbonyl (C=O) groups is 1. The first-order valence-electron chi connectivity index (χ1n) is 9.48. The lowest BCUT2D eigenvalue weighted by Gasteiger charge is -2.31. The van der Waals surface area contributed by atoms with Gasteiger partial charge in [0.05, 0.1) is 12.8 Å². The zero-order chi connectivity index (χ0) is 21.2. The van der Waals surface area contributed by atoms with Crippen LogP contribution in [-0.4, -0.2) is 33.8 Å². The van der Waals surface area contributed by atoms with Gasteiger partial charge in [-0.3, -0.25) is 4.79 Å². The average molecular weight is 416 g/mol. The molecule has 0 atom stereocenters. The van der Waals surface area contributed by atoms with Crippen molar-refractivity contribution in [1.29, 1.82) is 0 Å². The first-order valence-corrected chi connectivity index (χ1v) is 10.9. The second-order valence-corrected chi connectivity index (χ2v) is 8.67. The molecule has 0 aromatic heterocycles. The van der Waals surface area contributed by atoms with E-state index >= 15 is 0 Å². The molecule has 0 spiro atoms. The fourth-order valence-corrected chi connectivity index (χ4v) is 4.28. The molecule has 1 N–H and O–H groups in total. The summed E-state index contributed by atoms with van der Waals surface area (Å²) in [5.41, 5.74) is 1.67. The number of methoxy groups -OCH3 is 1. The van der Waals surface area contributed by atoms with E-state index < -0.39 is 10.0 Å². The third-order valence-corrected chi connectivity index (χ3v) is 5.87. The van der Waals surface area contributed by atoms with Crippen molar-refractivity contribution in [3.8, 4) is 5.75 Å². The molecule has 0 aliphatic carbocycles. The van der Waals surface area contributed by atoms with Crippen molar-refractivity contribution in [2.45, 2.75) is 32.1 Å². The van der Waals surface area contributed by atoms with Crippen molar-refractivity contribution < 1.29 is 17.9 Å². The molecule has 0 radical (unpaired) electrons. The number of hydrogen-bond donors (Lipinski definition) is 1. The number of ether oxygens (including phenoxy) is 1. The van der Waals surface area contributed by atoms with E-state index in [9.17, 15) is 13.2 Å². The third kappa shape index (κ3) is 4.27. The van der Waals surface area contributed by atoms with Gasteiger partial charge in [0.15, 0.2) is 5.84 Å². The smallest absolute Gasteiger partial charge is 0.286 e. The molecule has 2 aromatic carbocycles. The highest BCUT2D eigenvalue weighted by Gasteiger charge is 2.31. The Hall–Kier alpha value is -2.87. The second kappa shape index (κ2) is 8.24. The lowest BCUT2D eigenvalue weighted by Crippen LogP contribution is -2.37. The second-order valence-electron chi connectivity index (χ2n) is 7.10. The predicted molar refractivity (Wildman–Crippen MR) is 114 cm³/mol. The molecule has 1 amide bonds. The number of nitrogens with one attached hydrogen (secondary N) is 1. The monoisotopic (exact) mass is 415 g/mol. The number of amides is 1. The standard InChI is InChI=1S/C21H25N3O4S/c1-5-12-24-18-11-8-16(22-21(25)14(2)3)13-19(18)29(26,27)23-20(24)15-6-9-17(28-4)10-7-15/h6-11,13-14H,5,12H2,1-4H3,(H,22,25). The van der Waals surface area contributed by atoms with E-state index in [1.807, 2.05) is 11.8 Å². The minimum atomic E-state index is -3.92. The normalized spacial score (nSPS) is 14.9. The van der Waals surface area contributed by atoms with Gasteiger partial charge in [0.1, 0.15) is 10.6 Å². The van der Waals surface area contributed by atoms with Crippen LogP contribution in [-0.2, 0) is 14.8 Å². The molecule has 8 heteroatoms. The van der Waals surface area contributed by atoms with Gasteiger partial charge in [-0.2, -0.15) is 8.42 Å². The van der Waals surface area contributed by atoms with E-state index in [-0.39, 0.29) is 16.7 Å². The molecular formula is C21H25N3O4S. The predicted octanol–water partition coefficient (Wildman–Crippen LogP) is 3.66. The summed E-state index contributed by atoms with van der Waals surface area (Å²) in [4.78, 5) is 14.0. The first-order chi connectivity index (χ1) is 13.8. The van der Waals surface area contributed by atoms with Gasteiger partial charge in [-0.15, -0.1) is 4.40 Å². The Bertz CT molecular complexity index is 1040. The maximum absolute atomic E-state index is 12.9. The van der Waals surface area contributed by atoms with Gasteiger partial charge in [-0.25, -0.2) is 0 Å². The largest absolute Gasteiger partial charge is 0.497 e. The Labute approximate surface area is 171 Å². The van der Waals surface area contributed by atoms with Gasteiger partial charge in [-0.05, 0) is 48.9 Å². The number of anilines is 2. The molecule has 1 heterocycles. The third-order valence-electron chi connectivity index (χ3n) is 4.58. The molecule has 0 bridgehead atoms. The van der Waals surface area contributed by atoms with E-state index in [0.29, 0.717) is 35.1 Å². The summed E-state index contributed by atoms with van der Waals surface area (Å²) in [7, 11) is -2.34. The van der Waals surface area contributed by atoms with E-state index in [4.69, 9.17) is 4.74 Å². The Kier molecular flexibility index (Phi) is 5.93. The van der Waals surface area contributed by atoms with Crippen LogP contribution in [0.2, 0.25) is 0 Å². The van der Waals surface area contributed by atoms with E-state index in [2.05, 4.69) is 9.71 Å². The summed E-state index contributed by atoms with van der Waals surface area (Å²) in [6.07, 6.45) is 0.806. The van der Waals surface area contributed by atoms with Gasteiger partial charge in [0.2, 0.25) is 5.91 Å². The van der Waals surface area contributed by atoms with Crippen LogP contribution in [0.4, 0.5) is 11.4 Å². The molecule has 7 nitrogen and oxygen atoms in total. The quantitative estimate of drug-likeness (QED) is 0.778. The zero-order valence-corrected chi connectivity index (χ0v) is 17.8. The molecule has 0 saturated heterocycles. The Morgan fingerprint density at radius 3 is 2.45 bits per heavy atom. The average Bonchev–Trinajstić information content (AvgIpc) is 2.70. The number of rotatable bonds is 6. The molecule has 154 valence electrons. The first kappa shape index (κ1) is 20.9. The van der Waals surface area contributed by atoms with Crippen molar-refractivity contribution in [1.82, 2.24) is 0 Å². The molecular weight excluding hydrogens is 390 g/mol. The summed E-state index contributed by atoms with van der Waals surface area (Å²) >= 11 is 0. The lowest BCUT2D eigenvalue weighted by molar-refractivity contribution is -0.118. The topological polar surface area (TPSA) is 88.1 Å². The molecule has 0 unspecified atom stereocenters.